The van der Waals surface area contributed by atoms with Crippen LogP contribution in [0, 0.1) is 0 Å². The van der Waals surface area contributed by atoms with Crippen molar-refractivity contribution in [2.45, 2.75) is 18.9 Å². The number of nitrogens with one attached hydrogen (secondary N) is 1. The summed E-state index contributed by atoms with van der Waals surface area (Å²) < 4.78 is 8.05. The Morgan fingerprint density at radius 2 is 1.80 bits per heavy atom. The Morgan fingerprint density at radius 3 is 2.63 bits per heavy atom. The van der Waals surface area contributed by atoms with E-state index in [-0.39, 0.29) is 0 Å². The maximum atomic E-state index is 5.76. The Morgan fingerprint density at radius 1 is 0.933 bits per heavy atom. The number of nitrogens with zero attached hydrogens (tertiary/aromatic N) is 3. The molecule has 30 heavy (non-hydrogen) atoms. The molecule has 1 fully saturated rings. The molecule has 5 heteroatoms. The van der Waals surface area contributed by atoms with Gasteiger partial charge in [0.2, 0.25) is 0 Å². The molecular weight excluding hydrogens is 372 g/mol. The van der Waals surface area contributed by atoms with Crippen LogP contribution in [0.3, 0.4) is 0 Å². The number of fused-ring (bicyclic) bond motifs is 2. The summed E-state index contributed by atoms with van der Waals surface area (Å²) in [6.07, 6.45) is 5.72. The van der Waals surface area contributed by atoms with E-state index in [4.69, 9.17) is 14.4 Å². The van der Waals surface area contributed by atoms with Crippen LogP contribution in [-0.2, 0) is 0 Å². The van der Waals surface area contributed by atoms with Crippen LogP contribution in [0.2, 0.25) is 0 Å². The van der Waals surface area contributed by atoms with Crippen LogP contribution in [-0.4, -0.2) is 27.6 Å². The Balaban J connectivity index is 1.59. The lowest BCUT2D eigenvalue weighted by Gasteiger charge is -2.25. The summed E-state index contributed by atoms with van der Waals surface area (Å²) in [5.41, 5.74) is 4.12. The predicted molar refractivity (Wildman–Crippen MR) is 119 cm³/mol. The maximum absolute atomic E-state index is 5.76. The van der Waals surface area contributed by atoms with Crippen molar-refractivity contribution in [2.75, 3.05) is 13.1 Å². The van der Waals surface area contributed by atoms with Gasteiger partial charge in [-0.1, -0.05) is 36.4 Å². The molecule has 1 aliphatic rings. The third-order valence-corrected chi connectivity index (χ3v) is 6.05. The first-order valence-corrected chi connectivity index (χ1v) is 10.5. The minimum absolute atomic E-state index is 0.357. The van der Waals surface area contributed by atoms with Crippen molar-refractivity contribution in [1.29, 1.82) is 0 Å². The molecule has 0 atom stereocenters. The van der Waals surface area contributed by atoms with Crippen LogP contribution >= 0.6 is 0 Å². The topological polar surface area (TPSA) is 55.9 Å². The molecule has 1 aliphatic heterocycles. The Hall–Kier alpha value is -3.44. The highest BCUT2D eigenvalue weighted by Crippen LogP contribution is 2.36. The first-order chi connectivity index (χ1) is 14.9. The van der Waals surface area contributed by atoms with Crippen molar-refractivity contribution in [3.8, 4) is 22.7 Å². The summed E-state index contributed by atoms with van der Waals surface area (Å²) in [4.78, 5) is 9.85. The second-order valence-corrected chi connectivity index (χ2v) is 7.86. The number of hydrogen-bond donors (Lipinski definition) is 1. The molecule has 6 rings (SSSR count). The van der Waals surface area contributed by atoms with E-state index in [0.717, 1.165) is 59.8 Å². The number of piperidine rings is 1. The summed E-state index contributed by atoms with van der Waals surface area (Å²) in [5.74, 6) is 1.65. The van der Waals surface area contributed by atoms with E-state index in [2.05, 4.69) is 58.4 Å². The highest BCUT2D eigenvalue weighted by Gasteiger charge is 2.25. The van der Waals surface area contributed by atoms with Crippen LogP contribution in [0.15, 0.2) is 77.5 Å². The molecule has 0 saturated carbocycles. The highest BCUT2D eigenvalue weighted by molar-refractivity contribution is 5.95. The van der Waals surface area contributed by atoms with E-state index in [1.807, 2.05) is 18.3 Å². The number of benzene rings is 2. The second-order valence-electron chi connectivity index (χ2n) is 7.86. The third-order valence-electron chi connectivity index (χ3n) is 6.05. The molecular formula is C25H22N4O. The molecule has 2 aromatic carbocycles. The van der Waals surface area contributed by atoms with Crippen molar-refractivity contribution in [3.05, 3.63) is 73.1 Å². The molecule has 5 aromatic rings. The molecule has 1 N–H and O–H groups in total. The van der Waals surface area contributed by atoms with Gasteiger partial charge in [0.15, 0.2) is 17.2 Å². The standard InChI is InChI=1S/C25H22N4O/c1-2-5-18-16-19(8-7-17(18)4-1)21-11-14-27-25-23(21)28-24(22-6-3-15-30-22)29(25)20-9-12-26-13-10-20/h1-8,11,14-16,20,26H,9-10,12-13H2. The lowest BCUT2D eigenvalue weighted by Crippen LogP contribution is -2.29. The van der Waals surface area contributed by atoms with Gasteiger partial charge in [-0.05, 0) is 66.5 Å². The van der Waals surface area contributed by atoms with Gasteiger partial charge in [-0.2, -0.15) is 0 Å². The number of hydrogen-bond acceptors (Lipinski definition) is 4. The zero-order valence-corrected chi connectivity index (χ0v) is 16.6. The first-order valence-electron chi connectivity index (χ1n) is 10.5. The summed E-state index contributed by atoms with van der Waals surface area (Å²) in [6, 6.07) is 21.3. The largest absolute Gasteiger partial charge is 0.461 e. The lowest BCUT2D eigenvalue weighted by atomic mass is 10.0. The number of aromatic nitrogens is 3. The maximum Gasteiger partial charge on any atom is 0.178 e. The lowest BCUT2D eigenvalue weighted by molar-refractivity contribution is 0.374. The van der Waals surface area contributed by atoms with Gasteiger partial charge >= 0.3 is 0 Å². The van der Waals surface area contributed by atoms with E-state index in [0.29, 0.717) is 6.04 Å². The summed E-state index contributed by atoms with van der Waals surface area (Å²) in [7, 11) is 0. The first kappa shape index (κ1) is 17.4. The van der Waals surface area contributed by atoms with Gasteiger partial charge in [0.05, 0.1) is 6.26 Å². The van der Waals surface area contributed by atoms with Gasteiger partial charge in [-0.15, -0.1) is 0 Å². The van der Waals surface area contributed by atoms with E-state index in [9.17, 15) is 0 Å². The zero-order valence-electron chi connectivity index (χ0n) is 16.6. The van der Waals surface area contributed by atoms with E-state index < -0.39 is 0 Å². The average Bonchev–Trinajstić information content (AvgIpc) is 3.47. The molecule has 5 nitrogen and oxygen atoms in total. The molecule has 0 radical (unpaired) electrons. The third kappa shape index (κ3) is 2.82. The van der Waals surface area contributed by atoms with Crippen LogP contribution in [0.4, 0.5) is 0 Å². The average molecular weight is 394 g/mol. The van der Waals surface area contributed by atoms with Crippen molar-refractivity contribution in [2.24, 2.45) is 0 Å². The Labute approximate surface area is 174 Å². The molecule has 4 heterocycles. The highest BCUT2D eigenvalue weighted by atomic mass is 16.3. The zero-order chi connectivity index (χ0) is 19.9. The monoisotopic (exact) mass is 394 g/mol. The predicted octanol–water partition coefficient (Wildman–Crippen LogP) is 5.44. The number of rotatable bonds is 3. The van der Waals surface area contributed by atoms with Gasteiger partial charge < -0.3 is 14.3 Å². The Bertz CT molecular complexity index is 1330. The fraction of sp³-hybridized carbons (Fsp3) is 0.200. The molecule has 0 unspecified atom stereocenters. The molecule has 0 spiro atoms. The van der Waals surface area contributed by atoms with Crippen LogP contribution in [0.25, 0.3) is 44.6 Å². The minimum Gasteiger partial charge on any atom is -0.461 e. The van der Waals surface area contributed by atoms with Crippen LogP contribution in [0.5, 0.6) is 0 Å². The fourth-order valence-corrected chi connectivity index (χ4v) is 4.57. The normalized spacial score (nSPS) is 15.2. The van der Waals surface area contributed by atoms with E-state index in [1.165, 1.54) is 10.8 Å². The smallest absolute Gasteiger partial charge is 0.178 e. The van der Waals surface area contributed by atoms with Gasteiger partial charge in [-0.25, -0.2) is 9.97 Å². The van der Waals surface area contributed by atoms with Crippen molar-refractivity contribution in [1.82, 2.24) is 19.9 Å². The van der Waals surface area contributed by atoms with Gasteiger partial charge in [0, 0.05) is 17.8 Å². The fourth-order valence-electron chi connectivity index (χ4n) is 4.57. The molecule has 0 aliphatic carbocycles. The second kappa shape index (κ2) is 7.11. The van der Waals surface area contributed by atoms with Crippen LogP contribution < -0.4 is 5.32 Å². The Kier molecular flexibility index (Phi) is 4.13. The van der Waals surface area contributed by atoms with Gasteiger partial charge in [0.25, 0.3) is 0 Å². The summed E-state index contributed by atoms with van der Waals surface area (Å²) >= 11 is 0. The summed E-state index contributed by atoms with van der Waals surface area (Å²) in [5, 5.41) is 5.92. The number of imidazole rings is 1. The molecule has 148 valence electrons. The van der Waals surface area contributed by atoms with Gasteiger partial charge in [-0.3, -0.25) is 0 Å². The molecule has 0 bridgehead atoms. The SMILES string of the molecule is c1coc(-c2nc3c(-c4ccc5ccccc5c4)ccnc3n2C2CCNCC2)c1. The molecule has 1 saturated heterocycles. The van der Waals surface area contributed by atoms with Crippen LogP contribution in [0.1, 0.15) is 18.9 Å². The van der Waals surface area contributed by atoms with Gasteiger partial charge in [0.1, 0.15) is 5.52 Å². The summed E-state index contributed by atoms with van der Waals surface area (Å²) in [6.45, 7) is 2.01. The van der Waals surface area contributed by atoms with Crippen molar-refractivity contribution in [3.63, 3.8) is 0 Å². The van der Waals surface area contributed by atoms with Crippen molar-refractivity contribution >= 4 is 21.9 Å². The minimum atomic E-state index is 0.357. The van der Waals surface area contributed by atoms with Crippen molar-refractivity contribution < 1.29 is 4.42 Å². The number of furan rings is 1. The number of pyridine rings is 1. The quantitative estimate of drug-likeness (QED) is 0.443. The van der Waals surface area contributed by atoms with E-state index >= 15 is 0 Å². The van der Waals surface area contributed by atoms with E-state index in [1.54, 1.807) is 6.26 Å². The molecule has 3 aromatic heterocycles. The molecule has 0 amide bonds.